The lowest BCUT2D eigenvalue weighted by Gasteiger charge is -2.22. The first-order chi connectivity index (χ1) is 9.68. The van der Waals surface area contributed by atoms with Gasteiger partial charge in [0.1, 0.15) is 4.21 Å². The van der Waals surface area contributed by atoms with Crippen LogP contribution in [0.5, 0.6) is 0 Å². The predicted molar refractivity (Wildman–Crippen MR) is 84.7 cm³/mol. The minimum atomic E-state index is -3.82. The third-order valence-corrected chi connectivity index (χ3v) is 6.39. The van der Waals surface area contributed by atoms with E-state index in [0.29, 0.717) is 24.3 Å². The first-order valence-corrected chi connectivity index (χ1v) is 9.78. The Hall–Kier alpha value is -0.630. The molecule has 21 heavy (non-hydrogen) atoms. The molecule has 0 bridgehead atoms. The van der Waals surface area contributed by atoms with Crippen LogP contribution in [0.15, 0.2) is 9.59 Å². The summed E-state index contributed by atoms with van der Waals surface area (Å²) in [5.74, 6) is -0.107. The minimum Gasteiger partial charge on any atom is -0.380 e. The normalized spacial score (nSPS) is 13.4. The lowest BCUT2D eigenvalue weighted by atomic mass is 10.0. The second kappa shape index (κ2) is 7.58. The van der Waals surface area contributed by atoms with Gasteiger partial charge in [-0.3, -0.25) is 4.79 Å². The van der Waals surface area contributed by atoms with Crippen molar-refractivity contribution in [3.05, 3.63) is 16.5 Å². The van der Waals surface area contributed by atoms with Gasteiger partial charge in [0, 0.05) is 22.7 Å². The number of carbonyl (C=O) groups is 1. The maximum atomic E-state index is 12.3. The molecule has 1 amide bonds. The smallest absolute Gasteiger partial charge is 0.271 e. The summed E-state index contributed by atoms with van der Waals surface area (Å²) in [4.78, 5) is 12.3. The standard InChI is InChI=1S/C13H20ClNO4S2/c1-5-19-6-11(8(2)3)15-12(16)10-7-20-13(9(10)4)21(14,17)18/h7-8,11H,5-6H2,1-4H3,(H,15,16). The Morgan fingerprint density at radius 1 is 1.48 bits per heavy atom. The van der Waals surface area contributed by atoms with Gasteiger partial charge in [0.05, 0.1) is 18.2 Å². The van der Waals surface area contributed by atoms with Crippen LogP contribution < -0.4 is 5.32 Å². The second-order valence-electron chi connectivity index (χ2n) is 4.98. The molecule has 0 radical (unpaired) electrons. The molecular formula is C13H20ClNO4S2. The number of ether oxygens (including phenoxy) is 1. The molecule has 0 spiro atoms. The topological polar surface area (TPSA) is 72.5 Å². The van der Waals surface area contributed by atoms with Gasteiger partial charge >= 0.3 is 0 Å². The molecule has 1 aromatic rings. The molecule has 0 aliphatic rings. The third-order valence-electron chi connectivity index (χ3n) is 3.08. The van der Waals surface area contributed by atoms with Gasteiger partial charge < -0.3 is 10.1 Å². The molecule has 0 saturated carbocycles. The van der Waals surface area contributed by atoms with Crippen LogP contribution in [-0.2, 0) is 13.8 Å². The van der Waals surface area contributed by atoms with Crippen molar-refractivity contribution in [2.75, 3.05) is 13.2 Å². The van der Waals surface area contributed by atoms with Crippen molar-refractivity contribution in [1.82, 2.24) is 5.32 Å². The highest BCUT2D eigenvalue weighted by molar-refractivity contribution is 8.15. The summed E-state index contributed by atoms with van der Waals surface area (Å²) in [7, 11) is 1.52. The van der Waals surface area contributed by atoms with Crippen LogP contribution in [0.1, 0.15) is 36.7 Å². The van der Waals surface area contributed by atoms with Crippen molar-refractivity contribution < 1.29 is 17.9 Å². The Kier molecular flexibility index (Phi) is 6.65. The minimum absolute atomic E-state index is 0.0141. The van der Waals surface area contributed by atoms with Gasteiger partial charge in [0.25, 0.3) is 15.0 Å². The quantitative estimate of drug-likeness (QED) is 0.765. The Balaban J connectivity index is 2.91. The number of rotatable bonds is 7. The van der Waals surface area contributed by atoms with Gasteiger partial charge in [-0.1, -0.05) is 13.8 Å². The van der Waals surface area contributed by atoms with E-state index in [0.717, 1.165) is 11.3 Å². The van der Waals surface area contributed by atoms with Gasteiger partial charge in [-0.2, -0.15) is 0 Å². The van der Waals surface area contributed by atoms with E-state index in [1.54, 1.807) is 6.92 Å². The largest absolute Gasteiger partial charge is 0.380 e. The fourth-order valence-electron chi connectivity index (χ4n) is 1.76. The number of hydrogen-bond donors (Lipinski definition) is 1. The monoisotopic (exact) mass is 353 g/mol. The van der Waals surface area contributed by atoms with Crippen molar-refractivity contribution in [2.24, 2.45) is 5.92 Å². The number of nitrogens with one attached hydrogen (secondary N) is 1. The number of thiophene rings is 1. The molecular weight excluding hydrogens is 334 g/mol. The molecule has 1 N–H and O–H groups in total. The van der Waals surface area contributed by atoms with E-state index in [-0.39, 0.29) is 22.1 Å². The van der Waals surface area contributed by atoms with E-state index in [2.05, 4.69) is 5.32 Å². The van der Waals surface area contributed by atoms with Crippen LogP contribution in [0.25, 0.3) is 0 Å². The first-order valence-electron chi connectivity index (χ1n) is 6.59. The molecule has 8 heteroatoms. The average molecular weight is 354 g/mol. The lowest BCUT2D eigenvalue weighted by Crippen LogP contribution is -2.42. The Morgan fingerprint density at radius 2 is 2.10 bits per heavy atom. The van der Waals surface area contributed by atoms with Crippen molar-refractivity contribution in [3.8, 4) is 0 Å². The summed E-state index contributed by atoms with van der Waals surface area (Å²) in [5, 5.41) is 4.39. The van der Waals surface area contributed by atoms with E-state index < -0.39 is 9.05 Å². The van der Waals surface area contributed by atoms with Crippen LogP contribution in [0.4, 0.5) is 0 Å². The van der Waals surface area contributed by atoms with Gasteiger partial charge in [-0.05, 0) is 25.3 Å². The number of hydrogen-bond acceptors (Lipinski definition) is 5. The van der Waals surface area contributed by atoms with E-state index in [1.165, 1.54) is 5.38 Å². The summed E-state index contributed by atoms with van der Waals surface area (Å²) in [6.07, 6.45) is 0. The average Bonchev–Trinajstić information content (AvgIpc) is 2.75. The molecule has 0 aliphatic heterocycles. The Labute approximate surface area is 134 Å². The van der Waals surface area contributed by atoms with E-state index in [4.69, 9.17) is 15.4 Å². The van der Waals surface area contributed by atoms with Crippen molar-refractivity contribution in [1.29, 1.82) is 0 Å². The van der Waals surface area contributed by atoms with Crippen LogP contribution in [0.3, 0.4) is 0 Å². The van der Waals surface area contributed by atoms with Gasteiger partial charge in [0.15, 0.2) is 0 Å². The molecule has 5 nitrogen and oxygen atoms in total. The third kappa shape index (κ3) is 4.95. The van der Waals surface area contributed by atoms with Crippen LogP contribution in [0.2, 0.25) is 0 Å². The van der Waals surface area contributed by atoms with Crippen LogP contribution in [-0.4, -0.2) is 33.6 Å². The number of halogens is 1. The Bertz CT molecular complexity index is 595. The summed E-state index contributed by atoms with van der Waals surface area (Å²) < 4.78 is 28.1. The van der Waals surface area contributed by atoms with Crippen molar-refractivity contribution in [2.45, 2.75) is 37.9 Å². The van der Waals surface area contributed by atoms with E-state index in [1.807, 2.05) is 20.8 Å². The van der Waals surface area contributed by atoms with E-state index >= 15 is 0 Å². The van der Waals surface area contributed by atoms with E-state index in [9.17, 15) is 13.2 Å². The molecule has 1 atom stereocenters. The highest BCUT2D eigenvalue weighted by atomic mass is 35.7. The highest BCUT2D eigenvalue weighted by Crippen LogP contribution is 2.29. The zero-order valence-electron chi connectivity index (χ0n) is 12.5. The second-order valence-corrected chi connectivity index (χ2v) is 8.62. The molecule has 0 saturated heterocycles. The molecule has 0 fully saturated rings. The SMILES string of the molecule is CCOCC(NC(=O)c1csc(S(=O)(=O)Cl)c1C)C(C)C. The van der Waals surface area contributed by atoms with Crippen molar-refractivity contribution >= 4 is 37.0 Å². The summed E-state index contributed by atoms with van der Waals surface area (Å²) in [6, 6.07) is -0.132. The molecule has 1 rings (SSSR count). The highest BCUT2D eigenvalue weighted by Gasteiger charge is 2.24. The molecule has 120 valence electrons. The van der Waals surface area contributed by atoms with Crippen molar-refractivity contribution in [3.63, 3.8) is 0 Å². The number of amides is 1. The maximum absolute atomic E-state index is 12.3. The molecule has 0 aromatic carbocycles. The zero-order valence-corrected chi connectivity index (χ0v) is 14.9. The molecule has 1 unspecified atom stereocenters. The Morgan fingerprint density at radius 3 is 2.52 bits per heavy atom. The fourth-order valence-corrected chi connectivity index (χ4v) is 4.30. The molecule has 1 heterocycles. The molecule has 1 aromatic heterocycles. The summed E-state index contributed by atoms with van der Waals surface area (Å²) in [5.41, 5.74) is 0.716. The summed E-state index contributed by atoms with van der Waals surface area (Å²) in [6.45, 7) is 8.43. The molecule has 0 aliphatic carbocycles. The van der Waals surface area contributed by atoms with Gasteiger partial charge in [-0.25, -0.2) is 8.42 Å². The van der Waals surface area contributed by atoms with Gasteiger partial charge in [-0.15, -0.1) is 11.3 Å². The zero-order chi connectivity index (χ0) is 16.2. The first kappa shape index (κ1) is 18.4. The summed E-state index contributed by atoms with van der Waals surface area (Å²) >= 11 is 0.953. The fraction of sp³-hybridized carbons (Fsp3) is 0.615. The lowest BCUT2D eigenvalue weighted by molar-refractivity contribution is 0.0806. The maximum Gasteiger partial charge on any atom is 0.271 e. The predicted octanol–water partition coefficient (Wildman–Crippen LogP) is 2.77. The number of carbonyl (C=O) groups excluding carboxylic acids is 1. The van der Waals surface area contributed by atoms with Crippen LogP contribution in [0, 0.1) is 12.8 Å². The van der Waals surface area contributed by atoms with Crippen LogP contribution >= 0.6 is 22.0 Å². The van der Waals surface area contributed by atoms with Gasteiger partial charge in [0.2, 0.25) is 0 Å².